The molecule has 0 saturated heterocycles. The van der Waals surface area contributed by atoms with Crippen LogP contribution in [0.25, 0.3) is 0 Å². The van der Waals surface area contributed by atoms with Crippen LogP contribution in [0.5, 0.6) is 5.75 Å². The average Bonchev–Trinajstić information content (AvgIpc) is 2.34. The van der Waals surface area contributed by atoms with Crippen LogP contribution >= 0.6 is 0 Å². The number of Topliss-reactive ketones (excluding diaryl/α,β-unsaturated/α-hetero) is 1. The predicted octanol–water partition coefficient (Wildman–Crippen LogP) is 1.82. The van der Waals surface area contributed by atoms with Crippen LogP contribution < -0.4 is 10.1 Å². The summed E-state index contributed by atoms with van der Waals surface area (Å²) in [6, 6.07) is 4.49. The highest BCUT2D eigenvalue weighted by molar-refractivity contribution is 5.83. The fourth-order valence-corrected chi connectivity index (χ4v) is 1.40. The van der Waals surface area contributed by atoms with E-state index >= 15 is 0 Å². The van der Waals surface area contributed by atoms with E-state index in [0.717, 1.165) is 0 Å². The first-order valence-corrected chi connectivity index (χ1v) is 5.61. The van der Waals surface area contributed by atoms with Crippen LogP contribution in [0.1, 0.15) is 25.3 Å². The van der Waals surface area contributed by atoms with Gasteiger partial charge >= 0.3 is 0 Å². The van der Waals surface area contributed by atoms with E-state index in [-0.39, 0.29) is 36.8 Å². The predicted molar refractivity (Wildman–Crippen MR) is 64.7 cm³/mol. The lowest BCUT2D eigenvalue weighted by Gasteiger charge is -2.07. The molecule has 5 heteroatoms. The molecule has 18 heavy (non-hydrogen) atoms. The van der Waals surface area contributed by atoms with Crippen molar-refractivity contribution >= 4 is 11.7 Å². The number of carbonyl (C=O) groups excluding carboxylic acids is 2. The monoisotopic (exact) mass is 253 g/mol. The molecule has 0 aliphatic rings. The molecule has 0 radical (unpaired) electrons. The number of amides is 1. The first-order chi connectivity index (χ1) is 8.52. The van der Waals surface area contributed by atoms with Gasteiger partial charge in [-0.05, 0) is 24.6 Å². The van der Waals surface area contributed by atoms with Crippen LogP contribution in [-0.2, 0) is 16.1 Å². The third-order valence-corrected chi connectivity index (χ3v) is 2.41. The Morgan fingerprint density at radius 1 is 1.33 bits per heavy atom. The Morgan fingerprint density at radius 2 is 2.06 bits per heavy atom. The summed E-state index contributed by atoms with van der Waals surface area (Å²) in [5.74, 6) is -0.545. The number of hydrogen-bond acceptors (Lipinski definition) is 3. The second-order valence-electron chi connectivity index (χ2n) is 3.95. The number of ketones is 1. The van der Waals surface area contributed by atoms with Crippen molar-refractivity contribution < 1.29 is 18.7 Å². The van der Waals surface area contributed by atoms with Crippen LogP contribution in [0.2, 0.25) is 0 Å². The van der Waals surface area contributed by atoms with Crippen molar-refractivity contribution in [2.75, 3.05) is 7.11 Å². The van der Waals surface area contributed by atoms with Crippen LogP contribution in [0.15, 0.2) is 18.2 Å². The van der Waals surface area contributed by atoms with Gasteiger partial charge in [0.05, 0.1) is 7.11 Å². The lowest BCUT2D eigenvalue weighted by molar-refractivity contribution is -0.124. The summed E-state index contributed by atoms with van der Waals surface area (Å²) in [6.45, 7) is 1.67. The van der Waals surface area contributed by atoms with E-state index in [9.17, 15) is 14.0 Å². The SMILES string of the molecule is COc1ccc(CNC(=O)CCC(C)=O)cc1F. The summed E-state index contributed by atoms with van der Waals surface area (Å²) in [4.78, 5) is 22.0. The molecule has 0 saturated carbocycles. The van der Waals surface area contributed by atoms with Gasteiger partial charge in [-0.25, -0.2) is 4.39 Å². The molecule has 4 nitrogen and oxygen atoms in total. The molecule has 0 bridgehead atoms. The van der Waals surface area contributed by atoms with Gasteiger partial charge in [-0.3, -0.25) is 4.79 Å². The molecule has 1 aromatic rings. The molecule has 0 aliphatic heterocycles. The van der Waals surface area contributed by atoms with E-state index in [2.05, 4.69) is 5.32 Å². The van der Waals surface area contributed by atoms with Gasteiger partial charge in [0.25, 0.3) is 0 Å². The van der Waals surface area contributed by atoms with Gasteiger partial charge in [-0.2, -0.15) is 0 Å². The Balaban J connectivity index is 2.46. The van der Waals surface area contributed by atoms with Crippen LogP contribution in [0, 0.1) is 5.82 Å². The maximum absolute atomic E-state index is 13.3. The summed E-state index contributed by atoms with van der Waals surface area (Å²) in [6.07, 6.45) is 0.386. The fourth-order valence-electron chi connectivity index (χ4n) is 1.40. The second-order valence-corrected chi connectivity index (χ2v) is 3.95. The normalized spacial score (nSPS) is 9.94. The van der Waals surface area contributed by atoms with Gasteiger partial charge < -0.3 is 14.8 Å². The largest absolute Gasteiger partial charge is 0.494 e. The maximum atomic E-state index is 13.3. The van der Waals surface area contributed by atoms with E-state index in [1.165, 1.54) is 26.2 Å². The number of methoxy groups -OCH3 is 1. The zero-order valence-electron chi connectivity index (χ0n) is 10.5. The van der Waals surface area contributed by atoms with Gasteiger partial charge in [0.15, 0.2) is 11.6 Å². The standard InChI is InChI=1S/C13H16FNO3/c1-9(16)3-6-13(17)15-8-10-4-5-12(18-2)11(14)7-10/h4-5,7H,3,6,8H2,1-2H3,(H,15,17). The zero-order valence-corrected chi connectivity index (χ0v) is 10.5. The fraction of sp³-hybridized carbons (Fsp3) is 0.385. The molecule has 0 fully saturated rings. The van der Waals surface area contributed by atoms with E-state index in [1.807, 2.05) is 0 Å². The third kappa shape index (κ3) is 4.53. The quantitative estimate of drug-likeness (QED) is 0.841. The highest BCUT2D eigenvalue weighted by Crippen LogP contribution is 2.17. The number of nitrogens with one attached hydrogen (secondary N) is 1. The van der Waals surface area contributed by atoms with Crippen LogP contribution in [0.4, 0.5) is 4.39 Å². The van der Waals surface area contributed by atoms with Crippen molar-refractivity contribution in [3.63, 3.8) is 0 Å². The number of benzene rings is 1. The molecule has 0 aliphatic carbocycles. The minimum absolute atomic E-state index is 0.0272. The topological polar surface area (TPSA) is 55.4 Å². The molecule has 0 aromatic heterocycles. The van der Waals surface area contributed by atoms with Gasteiger partial charge in [0.1, 0.15) is 5.78 Å². The Bertz CT molecular complexity index is 446. The number of hydrogen-bond donors (Lipinski definition) is 1. The first kappa shape index (κ1) is 14.2. The third-order valence-electron chi connectivity index (χ3n) is 2.41. The molecule has 1 N–H and O–H groups in total. The Labute approximate surface area is 105 Å². The highest BCUT2D eigenvalue weighted by Gasteiger charge is 2.06. The van der Waals surface area contributed by atoms with Gasteiger partial charge in [0, 0.05) is 19.4 Å². The summed E-state index contributed by atoms with van der Waals surface area (Å²) in [5, 5.41) is 2.62. The maximum Gasteiger partial charge on any atom is 0.220 e. The molecule has 1 amide bonds. The highest BCUT2D eigenvalue weighted by atomic mass is 19.1. The first-order valence-electron chi connectivity index (χ1n) is 5.61. The van der Waals surface area contributed by atoms with Crippen molar-refractivity contribution in [1.82, 2.24) is 5.32 Å². The lowest BCUT2D eigenvalue weighted by Crippen LogP contribution is -2.23. The number of carbonyl (C=O) groups is 2. The van der Waals surface area contributed by atoms with Crippen molar-refractivity contribution in [3.8, 4) is 5.75 Å². The molecule has 0 heterocycles. The Hall–Kier alpha value is -1.91. The number of ether oxygens (including phenoxy) is 1. The van der Waals surface area contributed by atoms with E-state index in [4.69, 9.17) is 4.74 Å². The van der Waals surface area contributed by atoms with Crippen molar-refractivity contribution in [1.29, 1.82) is 0 Å². The molecule has 0 atom stereocenters. The molecular formula is C13H16FNO3. The molecule has 98 valence electrons. The van der Waals surface area contributed by atoms with E-state index in [0.29, 0.717) is 5.56 Å². The van der Waals surface area contributed by atoms with Gasteiger partial charge in [-0.15, -0.1) is 0 Å². The van der Waals surface area contributed by atoms with Crippen LogP contribution in [-0.4, -0.2) is 18.8 Å². The van der Waals surface area contributed by atoms with Crippen molar-refractivity contribution in [2.45, 2.75) is 26.3 Å². The molecule has 1 aromatic carbocycles. The van der Waals surface area contributed by atoms with Crippen molar-refractivity contribution in [3.05, 3.63) is 29.6 Å². The minimum atomic E-state index is -0.465. The number of halogens is 1. The molecule has 1 rings (SSSR count). The number of rotatable bonds is 6. The summed E-state index contributed by atoms with van der Waals surface area (Å²) in [5.41, 5.74) is 0.643. The summed E-state index contributed by atoms with van der Waals surface area (Å²) in [7, 11) is 1.39. The minimum Gasteiger partial charge on any atom is -0.494 e. The smallest absolute Gasteiger partial charge is 0.220 e. The summed E-state index contributed by atoms with van der Waals surface area (Å²) < 4.78 is 18.1. The molecule has 0 unspecified atom stereocenters. The average molecular weight is 253 g/mol. The van der Waals surface area contributed by atoms with E-state index < -0.39 is 5.82 Å². The Kier molecular flexibility index (Phi) is 5.30. The van der Waals surface area contributed by atoms with Gasteiger partial charge in [-0.1, -0.05) is 6.07 Å². The zero-order chi connectivity index (χ0) is 13.5. The molecular weight excluding hydrogens is 237 g/mol. The van der Waals surface area contributed by atoms with Crippen molar-refractivity contribution in [2.24, 2.45) is 0 Å². The summed E-state index contributed by atoms with van der Waals surface area (Å²) >= 11 is 0. The lowest BCUT2D eigenvalue weighted by atomic mass is 10.2. The second kappa shape index (κ2) is 6.74. The van der Waals surface area contributed by atoms with E-state index in [1.54, 1.807) is 6.07 Å². The van der Waals surface area contributed by atoms with Crippen LogP contribution in [0.3, 0.4) is 0 Å². The Morgan fingerprint density at radius 3 is 2.61 bits per heavy atom. The van der Waals surface area contributed by atoms with Gasteiger partial charge in [0.2, 0.25) is 5.91 Å². The molecule has 0 spiro atoms.